The molecule has 1 saturated heterocycles. The number of nitrogens with two attached hydrogens (primary N) is 1. The van der Waals surface area contributed by atoms with Crippen LogP contribution in [-0.2, 0) is 11.3 Å². The number of rotatable bonds is 7. The van der Waals surface area contributed by atoms with Crippen LogP contribution in [0.25, 0.3) is 0 Å². The fourth-order valence-corrected chi connectivity index (χ4v) is 3.78. The summed E-state index contributed by atoms with van der Waals surface area (Å²) in [5, 5.41) is 0. The van der Waals surface area contributed by atoms with E-state index in [-0.39, 0.29) is 24.2 Å². The molecule has 1 aromatic heterocycles. The largest absolute Gasteiger partial charge is 0.491 e. The predicted octanol–water partition coefficient (Wildman–Crippen LogP) is 2.00. The molecule has 0 unspecified atom stereocenters. The van der Waals surface area contributed by atoms with Crippen LogP contribution in [0.15, 0.2) is 64.2 Å². The van der Waals surface area contributed by atoms with Crippen molar-refractivity contribution in [2.24, 2.45) is 0 Å². The summed E-state index contributed by atoms with van der Waals surface area (Å²) in [7, 11) is 1.45. The van der Waals surface area contributed by atoms with E-state index in [1.165, 1.54) is 11.6 Å². The second-order valence-electron chi connectivity index (χ2n) is 7.90. The molecule has 4 rings (SSSR count). The van der Waals surface area contributed by atoms with Crippen molar-refractivity contribution in [2.45, 2.75) is 25.5 Å². The Balaban J connectivity index is 1.53. The maximum atomic E-state index is 13.1. The van der Waals surface area contributed by atoms with Gasteiger partial charge in [0.2, 0.25) is 0 Å². The van der Waals surface area contributed by atoms with Gasteiger partial charge in [0.15, 0.2) is 5.69 Å². The monoisotopic (exact) mass is 450 g/mol. The SMILES string of the molecule is CN(C(=O)c1ccc(OC[C@@H]2CCCO2)cc1)c1c(N)n(Cc2ccccc2)c(=O)[nH]c1=O. The lowest BCUT2D eigenvalue weighted by atomic mass is 10.2. The summed E-state index contributed by atoms with van der Waals surface area (Å²) < 4.78 is 12.5. The van der Waals surface area contributed by atoms with Crippen molar-refractivity contribution < 1.29 is 14.3 Å². The molecule has 2 aromatic carbocycles. The number of H-pyrrole nitrogens is 1. The molecule has 0 spiro atoms. The minimum absolute atomic E-state index is 0.0834. The number of hydrogen-bond acceptors (Lipinski definition) is 6. The highest BCUT2D eigenvalue weighted by molar-refractivity contribution is 6.06. The molecule has 172 valence electrons. The summed E-state index contributed by atoms with van der Waals surface area (Å²) in [4.78, 5) is 41.4. The maximum absolute atomic E-state index is 13.1. The highest BCUT2D eigenvalue weighted by Crippen LogP contribution is 2.21. The van der Waals surface area contributed by atoms with Crippen LogP contribution < -0.4 is 26.6 Å². The number of nitrogens with one attached hydrogen (secondary N) is 1. The van der Waals surface area contributed by atoms with Crippen LogP contribution >= 0.6 is 0 Å². The molecule has 1 amide bonds. The summed E-state index contributed by atoms with van der Waals surface area (Å²) in [5.41, 5.74) is 5.91. The number of aromatic amines is 1. The Morgan fingerprint density at radius 3 is 2.58 bits per heavy atom. The highest BCUT2D eigenvalue weighted by Gasteiger charge is 2.22. The van der Waals surface area contributed by atoms with Crippen molar-refractivity contribution in [2.75, 3.05) is 30.9 Å². The molecule has 0 bridgehead atoms. The van der Waals surface area contributed by atoms with Gasteiger partial charge in [0, 0.05) is 19.2 Å². The normalized spacial score (nSPS) is 15.4. The minimum atomic E-state index is -0.728. The van der Waals surface area contributed by atoms with Gasteiger partial charge in [0.1, 0.15) is 18.2 Å². The minimum Gasteiger partial charge on any atom is -0.491 e. The molecule has 2 heterocycles. The second-order valence-corrected chi connectivity index (χ2v) is 7.90. The van der Waals surface area contributed by atoms with Crippen LogP contribution in [0.3, 0.4) is 0 Å². The molecule has 1 aliphatic rings. The average molecular weight is 450 g/mol. The van der Waals surface area contributed by atoms with Crippen molar-refractivity contribution >= 4 is 17.4 Å². The van der Waals surface area contributed by atoms with Gasteiger partial charge in [-0.1, -0.05) is 30.3 Å². The molecule has 9 heteroatoms. The predicted molar refractivity (Wildman–Crippen MR) is 125 cm³/mol. The molecule has 0 radical (unpaired) electrons. The molecule has 0 saturated carbocycles. The molecule has 3 aromatic rings. The first-order valence-corrected chi connectivity index (χ1v) is 10.7. The fourth-order valence-electron chi connectivity index (χ4n) is 3.78. The number of nitrogen functional groups attached to an aromatic ring is 1. The second kappa shape index (κ2) is 9.74. The molecule has 1 aliphatic heterocycles. The molecule has 9 nitrogen and oxygen atoms in total. The number of carbonyl (C=O) groups excluding carboxylic acids is 1. The Bertz CT molecular complexity index is 1230. The zero-order valence-corrected chi connectivity index (χ0v) is 18.3. The number of anilines is 2. The third-order valence-electron chi connectivity index (χ3n) is 5.60. The molecule has 0 aliphatic carbocycles. The average Bonchev–Trinajstić information content (AvgIpc) is 3.34. The lowest BCUT2D eigenvalue weighted by molar-refractivity contribution is 0.0679. The molecule has 3 N–H and O–H groups in total. The zero-order chi connectivity index (χ0) is 23.4. The van der Waals surface area contributed by atoms with Crippen LogP contribution in [0.1, 0.15) is 28.8 Å². The van der Waals surface area contributed by atoms with Crippen LogP contribution in [0.2, 0.25) is 0 Å². The number of aromatic nitrogens is 2. The number of hydrogen-bond donors (Lipinski definition) is 2. The quantitative estimate of drug-likeness (QED) is 0.568. The van der Waals surface area contributed by atoms with Crippen LogP contribution in [0, 0.1) is 0 Å². The first kappa shape index (κ1) is 22.3. The number of ether oxygens (including phenoxy) is 2. The van der Waals surface area contributed by atoms with Crippen molar-refractivity contribution in [3.63, 3.8) is 0 Å². The Labute approximate surface area is 190 Å². The van der Waals surface area contributed by atoms with E-state index in [1.54, 1.807) is 24.3 Å². The van der Waals surface area contributed by atoms with Crippen LogP contribution in [0.5, 0.6) is 5.75 Å². The molecular formula is C24H26N4O5. The van der Waals surface area contributed by atoms with E-state index < -0.39 is 17.2 Å². The van der Waals surface area contributed by atoms with Crippen molar-refractivity contribution in [1.29, 1.82) is 0 Å². The van der Waals surface area contributed by atoms with Gasteiger partial charge in [-0.05, 0) is 42.7 Å². The molecule has 33 heavy (non-hydrogen) atoms. The smallest absolute Gasteiger partial charge is 0.330 e. The van der Waals surface area contributed by atoms with Crippen molar-refractivity contribution in [3.8, 4) is 5.75 Å². The third kappa shape index (κ3) is 4.98. The van der Waals surface area contributed by atoms with Gasteiger partial charge in [-0.15, -0.1) is 0 Å². The van der Waals surface area contributed by atoms with E-state index in [4.69, 9.17) is 15.2 Å². The van der Waals surface area contributed by atoms with Crippen molar-refractivity contribution in [1.82, 2.24) is 9.55 Å². The first-order chi connectivity index (χ1) is 15.9. The van der Waals surface area contributed by atoms with Gasteiger partial charge in [-0.3, -0.25) is 19.1 Å². The van der Waals surface area contributed by atoms with Gasteiger partial charge in [-0.2, -0.15) is 0 Å². The van der Waals surface area contributed by atoms with Gasteiger partial charge < -0.3 is 20.1 Å². The molecule has 1 atom stereocenters. The lowest BCUT2D eigenvalue weighted by Crippen LogP contribution is -2.39. The van der Waals surface area contributed by atoms with E-state index in [2.05, 4.69) is 4.98 Å². The van der Waals surface area contributed by atoms with Gasteiger partial charge in [-0.25, -0.2) is 4.79 Å². The number of nitrogens with zero attached hydrogens (tertiary/aromatic N) is 2. The summed E-state index contributed by atoms with van der Waals surface area (Å²) in [6, 6.07) is 15.9. The lowest BCUT2D eigenvalue weighted by Gasteiger charge is -2.20. The Morgan fingerprint density at radius 2 is 1.91 bits per heavy atom. The highest BCUT2D eigenvalue weighted by atomic mass is 16.5. The van der Waals surface area contributed by atoms with Crippen molar-refractivity contribution in [3.05, 3.63) is 86.6 Å². The standard InChI is InChI=1S/C24H26N4O5/c1-27(23(30)17-9-11-18(12-10-17)33-15-19-8-5-13-32-19)20-21(25)28(24(31)26-22(20)29)14-16-6-3-2-4-7-16/h2-4,6-7,9-12,19H,5,8,13-15,25H2,1H3,(H,26,29,31)/t19-/m0/s1. The van der Waals surface area contributed by atoms with E-state index in [0.717, 1.165) is 29.9 Å². The number of benzene rings is 2. The Kier molecular flexibility index (Phi) is 6.60. The van der Waals surface area contributed by atoms with E-state index in [0.29, 0.717) is 17.9 Å². The molecule has 1 fully saturated rings. The Hall–Kier alpha value is -3.85. The van der Waals surface area contributed by atoms with Gasteiger partial charge >= 0.3 is 5.69 Å². The fraction of sp³-hybridized carbons (Fsp3) is 0.292. The topological polar surface area (TPSA) is 120 Å². The van der Waals surface area contributed by atoms with E-state index in [1.807, 2.05) is 30.3 Å². The maximum Gasteiger partial charge on any atom is 0.330 e. The third-order valence-corrected chi connectivity index (χ3v) is 5.60. The molecular weight excluding hydrogens is 424 g/mol. The van der Waals surface area contributed by atoms with Gasteiger partial charge in [0.25, 0.3) is 11.5 Å². The summed E-state index contributed by atoms with van der Waals surface area (Å²) >= 11 is 0. The Morgan fingerprint density at radius 1 is 1.18 bits per heavy atom. The summed E-state index contributed by atoms with van der Waals surface area (Å²) in [6.07, 6.45) is 2.11. The van der Waals surface area contributed by atoms with E-state index in [9.17, 15) is 14.4 Å². The summed E-state index contributed by atoms with van der Waals surface area (Å²) in [5.74, 6) is 0.0984. The first-order valence-electron chi connectivity index (χ1n) is 10.7. The zero-order valence-electron chi connectivity index (χ0n) is 18.3. The number of carbonyl (C=O) groups is 1. The van der Waals surface area contributed by atoms with Crippen LogP contribution in [-0.4, -0.2) is 41.8 Å². The summed E-state index contributed by atoms with van der Waals surface area (Å²) in [6.45, 7) is 1.38. The van der Waals surface area contributed by atoms with E-state index >= 15 is 0 Å². The van der Waals surface area contributed by atoms with Crippen LogP contribution in [0.4, 0.5) is 11.5 Å². The number of amides is 1. The van der Waals surface area contributed by atoms with Gasteiger partial charge in [0.05, 0.1) is 12.6 Å².